The van der Waals surface area contributed by atoms with Gasteiger partial charge in [-0.15, -0.1) is 0 Å². The normalized spacial score (nSPS) is 28.8. The van der Waals surface area contributed by atoms with Crippen LogP contribution in [-0.4, -0.2) is 47.7 Å². The predicted octanol–water partition coefficient (Wildman–Crippen LogP) is 1.88. The summed E-state index contributed by atoms with van der Waals surface area (Å²) in [6.45, 7) is 4.25. The highest BCUT2D eigenvalue weighted by Gasteiger charge is 2.47. The van der Waals surface area contributed by atoms with Crippen molar-refractivity contribution in [3.8, 4) is 5.88 Å². The Balaban J connectivity index is 1.65. The predicted molar refractivity (Wildman–Crippen MR) is 78.0 cm³/mol. The van der Waals surface area contributed by atoms with Gasteiger partial charge in [-0.3, -0.25) is 4.79 Å². The molecule has 1 aliphatic heterocycles. The smallest absolute Gasteiger partial charge is 0.219 e. The van der Waals surface area contributed by atoms with E-state index in [9.17, 15) is 4.79 Å². The van der Waals surface area contributed by atoms with Crippen LogP contribution in [0.5, 0.6) is 5.88 Å². The first-order valence-corrected chi connectivity index (χ1v) is 7.63. The molecule has 0 bridgehead atoms. The van der Waals surface area contributed by atoms with Crippen LogP contribution in [-0.2, 0) is 9.53 Å². The van der Waals surface area contributed by atoms with Crippen LogP contribution in [0.15, 0.2) is 24.4 Å². The molecular weight excluding hydrogens is 268 g/mol. The number of hydrogen-bond acceptors (Lipinski definition) is 4. The van der Waals surface area contributed by atoms with Crippen LogP contribution in [0.3, 0.4) is 0 Å². The fourth-order valence-corrected chi connectivity index (χ4v) is 3.44. The molecule has 1 saturated carbocycles. The summed E-state index contributed by atoms with van der Waals surface area (Å²) in [6.07, 6.45) is 4.95. The van der Waals surface area contributed by atoms with Gasteiger partial charge in [-0.2, -0.15) is 0 Å². The van der Waals surface area contributed by atoms with E-state index in [-0.39, 0.29) is 11.5 Å². The lowest BCUT2D eigenvalue weighted by molar-refractivity contribution is -0.158. The lowest BCUT2D eigenvalue weighted by Crippen LogP contribution is -2.56. The Labute approximate surface area is 125 Å². The van der Waals surface area contributed by atoms with Crippen LogP contribution in [0.25, 0.3) is 0 Å². The van der Waals surface area contributed by atoms with E-state index in [1.807, 2.05) is 23.1 Å². The minimum Gasteiger partial charge on any atom is -0.477 e. The Hall–Kier alpha value is -1.62. The number of ether oxygens (including phenoxy) is 2. The molecule has 0 unspecified atom stereocenters. The first-order chi connectivity index (χ1) is 10.2. The second-order valence-corrected chi connectivity index (χ2v) is 5.92. The third kappa shape index (κ3) is 3.02. The summed E-state index contributed by atoms with van der Waals surface area (Å²) in [7, 11) is 0. The first-order valence-electron chi connectivity index (χ1n) is 7.63. The van der Waals surface area contributed by atoms with Crippen molar-refractivity contribution in [2.45, 2.75) is 31.8 Å². The molecule has 0 radical (unpaired) electrons. The molecule has 1 saturated heterocycles. The molecule has 1 spiro atoms. The second kappa shape index (κ2) is 6.02. The van der Waals surface area contributed by atoms with Gasteiger partial charge in [0.2, 0.25) is 11.8 Å². The molecule has 2 atom stereocenters. The molecular formula is C16H22N2O3. The molecule has 0 aromatic carbocycles. The fraction of sp³-hybridized carbons (Fsp3) is 0.625. The summed E-state index contributed by atoms with van der Waals surface area (Å²) in [5, 5.41) is 0. The van der Waals surface area contributed by atoms with Crippen molar-refractivity contribution < 1.29 is 14.3 Å². The Morgan fingerprint density at radius 2 is 2.48 bits per heavy atom. The van der Waals surface area contributed by atoms with Gasteiger partial charge in [-0.25, -0.2) is 4.98 Å². The summed E-state index contributed by atoms with van der Waals surface area (Å²) in [5.41, 5.74) is -0.224. The van der Waals surface area contributed by atoms with E-state index >= 15 is 0 Å². The van der Waals surface area contributed by atoms with E-state index in [2.05, 4.69) is 4.98 Å². The SMILES string of the molecule is CC(=O)N1CCO[C@]2(CCC[C@H]2COc2ccccn2)C1. The number of rotatable bonds is 3. The highest BCUT2D eigenvalue weighted by atomic mass is 16.5. The van der Waals surface area contributed by atoms with E-state index in [1.165, 1.54) is 0 Å². The molecule has 1 aromatic heterocycles. The third-order valence-electron chi connectivity index (χ3n) is 4.62. The van der Waals surface area contributed by atoms with Crippen molar-refractivity contribution in [3.63, 3.8) is 0 Å². The number of amides is 1. The molecule has 21 heavy (non-hydrogen) atoms. The van der Waals surface area contributed by atoms with Gasteiger partial charge < -0.3 is 14.4 Å². The zero-order chi connectivity index (χ0) is 14.7. The summed E-state index contributed by atoms with van der Waals surface area (Å²) in [4.78, 5) is 17.7. The van der Waals surface area contributed by atoms with Crippen LogP contribution in [0, 0.1) is 5.92 Å². The average Bonchev–Trinajstić information content (AvgIpc) is 2.88. The topological polar surface area (TPSA) is 51.7 Å². The average molecular weight is 290 g/mol. The summed E-state index contributed by atoms with van der Waals surface area (Å²) < 4.78 is 11.9. The number of aromatic nitrogens is 1. The van der Waals surface area contributed by atoms with Crippen molar-refractivity contribution in [3.05, 3.63) is 24.4 Å². The monoisotopic (exact) mass is 290 g/mol. The van der Waals surface area contributed by atoms with Crippen molar-refractivity contribution in [1.29, 1.82) is 0 Å². The molecule has 5 nitrogen and oxygen atoms in total. The maximum Gasteiger partial charge on any atom is 0.219 e. The van der Waals surface area contributed by atoms with E-state index in [1.54, 1.807) is 13.1 Å². The number of carbonyl (C=O) groups is 1. The fourth-order valence-electron chi connectivity index (χ4n) is 3.44. The molecule has 3 rings (SSSR count). The third-order valence-corrected chi connectivity index (χ3v) is 4.62. The van der Waals surface area contributed by atoms with Gasteiger partial charge in [-0.1, -0.05) is 6.07 Å². The number of hydrogen-bond donors (Lipinski definition) is 0. The quantitative estimate of drug-likeness (QED) is 0.853. The van der Waals surface area contributed by atoms with Crippen LogP contribution < -0.4 is 4.74 Å². The van der Waals surface area contributed by atoms with Crippen molar-refractivity contribution in [2.24, 2.45) is 5.92 Å². The van der Waals surface area contributed by atoms with Crippen LogP contribution in [0.2, 0.25) is 0 Å². The molecule has 114 valence electrons. The zero-order valence-electron chi connectivity index (χ0n) is 12.5. The van der Waals surface area contributed by atoms with Crippen LogP contribution >= 0.6 is 0 Å². The Morgan fingerprint density at radius 3 is 3.24 bits per heavy atom. The van der Waals surface area contributed by atoms with Crippen LogP contribution in [0.4, 0.5) is 0 Å². The van der Waals surface area contributed by atoms with Gasteiger partial charge in [0, 0.05) is 31.6 Å². The van der Waals surface area contributed by atoms with Gasteiger partial charge in [0.05, 0.1) is 25.4 Å². The molecule has 2 heterocycles. The Morgan fingerprint density at radius 1 is 1.57 bits per heavy atom. The number of morpholine rings is 1. The van der Waals surface area contributed by atoms with Gasteiger partial charge >= 0.3 is 0 Å². The molecule has 1 aliphatic carbocycles. The highest BCUT2D eigenvalue weighted by molar-refractivity contribution is 5.73. The van der Waals surface area contributed by atoms with E-state index in [4.69, 9.17) is 9.47 Å². The minimum absolute atomic E-state index is 0.133. The maximum absolute atomic E-state index is 11.7. The van der Waals surface area contributed by atoms with Crippen molar-refractivity contribution in [1.82, 2.24) is 9.88 Å². The molecule has 2 aliphatic rings. The number of pyridine rings is 1. The van der Waals surface area contributed by atoms with Gasteiger partial charge in [0.15, 0.2) is 0 Å². The lowest BCUT2D eigenvalue weighted by Gasteiger charge is -2.43. The molecule has 2 fully saturated rings. The summed E-state index contributed by atoms with van der Waals surface area (Å²) in [6, 6.07) is 5.66. The van der Waals surface area contributed by atoms with Crippen molar-refractivity contribution in [2.75, 3.05) is 26.3 Å². The van der Waals surface area contributed by atoms with Crippen LogP contribution in [0.1, 0.15) is 26.2 Å². The first kappa shape index (κ1) is 14.3. The standard InChI is InChI=1S/C16H22N2O3/c1-13(19)18-9-10-21-16(12-18)7-4-5-14(16)11-20-15-6-2-3-8-17-15/h2-3,6,8,14H,4-5,7,9-12H2,1H3/t14-,16+/m0/s1. The minimum atomic E-state index is -0.224. The maximum atomic E-state index is 11.7. The van der Waals surface area contributed by atoms with E-state index < -0.39 is 0 Å². The van der Waals surface area contributed by atoms with Gasteiger partial charge in [-0.05, 0) is 25.3 Å². The highest BCUT2D eigenvalue weighted by Crippen LogP contribution is 2.41. The van der Waals surface area contributed by atoms with E-state index in [0.29, 0.717) is 38.1 Å². The summed E-state index contributed by atoms with van der Waals surface area (Å²) >= 11 is 0. The molecule has 1 amide bonds. The molecule has 0 N–H and O–H groups in total. The Kier molecular flexibility index (Phi) is 4.10. The zero-order valence-corrected chi connectivity index (χ0v) is 12.5. The largest absolute Gasteiger partial charge is 0.477 e. The number of carbonyl (C=O) groups excluding carboxylic acids is 1. The lowest BCUT2D eigenvalue weighted by atomic mass is 9.89. The van der Waals surface area contributed by atoms with Crippen molar-refractivity contribution >= 4 is 5.91 Å². The van der Waals surface area contributed by atoms with Gasteiger partial charge in [0.25, 0.3) is 0 Å². The Bertz CT molecular complexity index is 494. The van der Waals surface area contributed by atoms with E-state index in [0.717, 1.165) is 19.3 Å². The molecule has 1 aromatic rings. The second-order valence-electron chi connectivity index (χ2n) is 5.92. The van der Waals surface area contributed by atoms with Gasteiger partial charge in [0.1, 0.15) is 0 Å². The number of nitrogens with zero attached hydrogens (tertiary/aromatic N) is 2. The summed E-state index contributed by atoms with van der Waals surface area (Å²) in [5.74, 6) is 1.11. The molecule has 5 heteroatoms.